The summed E-state index contributed by atoms with van der Waals surface area (Å²) in [7, 11) is 1.58. The molecule has 0 spiro atoms. The molecule has 35 heavy (non-hydrogen) atoms. The number of phenols is 2. The first-order valence-corrected chi connectivity index (χ1v) is 11.5. The van der Waals surface area contributed by atoms with Crippen molar-refractivity contribution in [2.24, 2.45) is 0 Å². The minimum atomic E-state index is -0.586. The zero-order valence-electron chi connectivity index (χ0n) is 19.5. The summed E-state index contributed by atoms with van der Waals surface area (Å²) in [4.78, 5) is 26.1. The Balaban J connectivity index is 1.63. The van der Waals surface area contributed by atoms with E-state index in [-0.39, 0.29) is 29.7 Å². The Kier molecular flexibility index (Phi) is 7.35. The molecule has 4 N–H and O–H groups in total. The number of carbonyl (C=O) groups excluding carboxylic acids is 2. The molecule has 7 nitrogen and oxygen atoms in total. The maximum atomic E-state index is 13.6. The molecule has 4 rings (SSSR count). The summed E-state index contributed by atoms with van der Waals surface area (Å²) in [6.45, 7) is 0. The molecule has 3 aromatic rings. The van der Waals surface area contributed by atoms with E-state index in [9.17, 15) is 19.8 Å². The SMILES string of the molecule is COc1ccc(C2NC(=O)NC(CCc3ccc(O)cc3)=C2C(=O)CCc2ccc(O)cc2)cc1. The topological polar surface area (TPSA) is 108 Å². The Morgan fingerprint density at radius 2 is 1.40 bits per heavy atom. The van der Waals surface area contributed by atoms with Gasteiger partial charge in [0, 0.05) is 17.7 Å². The lowest BCUT2D eigenvalue weighted by atomic mass is 9.88. The molecule has 0 radical (unpaired) electrons. The number of carbonyl (C=O) groups is 2. The number of hydrogen-bond acceptors (Lipinski definition) is 5. The van der Waals surface area contributed by atoms with Crippen LogP contribution in [0.4, 0.5) is 4.79 Å². The van der Waals surface area contributed by atoms with Gasteiger partial charge in [-0.25, -0.2) is 4.79 Å². The number of phenolic OH excluding ortho intramolecular Hbond substituents is 2. The van der Waals surface area contributed by atoms with E-state index in [4.69, 9.17) is 4.74 Å². The van der Waals surface area contributed by atoms with Crippen molar-refractivity contribution < 1.29 is 24.5 Å². The first kappa shape index (κ1) is 23.9. The molecular formula is C28H28N2O5. The zero-order chi connectivity index (χ0) is 24.8. The predicted octanol–water partition coefficient (Wildman–Crippen LogP) is 4.55. The standard InChI is InChI=1S/C28H28N2O5/c1-35-23-14-8-20(9-15-23)27-26(25(33)17-7-19-4-12-22(32)13-5-19)24(29-28(34)30-27)16-6-18-2-10-21(31)11-3-18/h2-5,8-15,27,31-32H,6-7,16-17H2,1H3,(H2,29,30,34). The van der Waals surface area contributed by atoms with Gasteiger partial charge in [-0.3, -0.25) is 4.79 Å². The van der Waals surface area contributed by atoms with Crippen LogP contribution in [0.2, 0.25) is 0 Å². The van der Waals surface area contributed by atoms with Crippen molar-refractivity contribution >= 4 is 11.8 Å². The number of benzene rings is 3. The molecule has 1 unspecified atom stereocenters. The van der Waals surface area contributed by atoms with Crippen LogP contribution in [-0.4, -0.2) is 29.1 Å². The van der Waals surface area contributed by atoms with E-state index in [1.165, 1.54) is 0 Å². The molecule has 1 aliphatic heterocycles. The number of ketones is 1. The van der Waals surface area contributed by atoms with E-state index in [1.54, 1.807) is 55.6 Å². The van der Waals surface area contributed by atoms with Crippen LogP contribution in [-0.2, 0) is 17.6 Å². The average molecular weight is 473 g/mol. The molecule has 7 heteroatoms. The van der Waals surface area contributed by atoms with E-state index in [2.05, 4.69) is 10.6 Å². The van der Waals surface area contributed by atoms with Crippen LogP contribution < -0.4 is 15.4 Å². The van der Waals surface area contributed by atoms with Gasteiger partial charge in [0.15, 0.2) is 5.78 Å². The van der Waals surface area contributed by atoms with E-state index >= 15 is 0 Å². The highest BCUT2D eigenvalue weighted by atomic mass is 16.5. The summed E-state index contributed by atoms with van der Waals surface area (Å²) < 4.78 is 5.25. The minimum Gasteiger partial charge on any atom is -0.508 e. The summed E-state index contributed by atoms with van der Waals surface area (Å²) in [6, 6.07) is 20.0. The molecule has 0 aliphatic carbocycles. The molecule has 0 saturated heterocycles. The lowest BCUT2D eigenvalue weighted by molar-refractivity contribution is -0.116. The monoisotopic (exact) mass is 472 g/mol. The van der Waals surface area contributed by atoms with Crippen LogP contribution in [0.3, 0.4) is 0 Å². The first-order chi connectivity index (χ1) is 16.9. The smallest absolute Gasteiger partial charge is 0.319 e. The van der Waals surface area contributed by atoms with E-state index in [1.807, 2.05) is 24.3 Å². The fourth-order valence-corrected chi connectivity index (χ4v) is 4.18. The normalized spacial score (nSPS) is 15.3. The van der Waals surface area contributed by atoms with Gasteiger partial charge >= 0.3 is 6.03 Å². The van der Waals surface area contributed by atoms with Gasteiger partial charge in [0.25, 0.3) is 0 Å². The van der Waals surface area contributed by atoms with Crippen molar-refractivity contribution in [3.8, 4) is 17.2 Å². The summed E-state index contributed by atoms with van der Waals surface area (Å²) in [6.07, 6.45) is 1.83. The van der Waals surface area contributed by atoms with Crippen molar-refractivity contribution in [2.75, 3.05) is 7.11 Å². The molecule has 0 fully saturated rings. The Morgan fingerprint density at radius 3 is 1.97 bits per heavy atom. The third-order valence-electron chi connectivity index (χ3n) is 6.08. The Bertz CT molecular complexity index is 1220. The van der Waals surface area contributed by atoms with Crippen molar-refractivity contribution in [1.29, 1.82) is 0 Å². The van der Waals surface area contributed by atoms with Gasteiger partial charge in [0.05, 0.1) is 13.2 Å². The van der Waals surface area contributed by atoms with Crippen LogP contribution in [0, 0.1) is 0 Å². The largest absolute Gasteiger partial charge is 0.508 e. The molecule has 1 aliphatic rings. The van der Waals surface area contributed by atoms with Gasteiger partial charge in [-0.2, -0.15) is 0 Å². The van der Waals surface area contributed by atoms with Gasteiger partial charge in [0.2, 0.25) is 0 Å². The number of hydrogen-bond donors (Lipinski definition) is 4. The molecule has 2 amide bonds. The Morgan fingerprint density at radius 1 is 0.829 bits per heavy atom. The van der Waals surface area contributed by atoms with E-state index in [0.29, 0.717) is 36.3 Å². The van der Waals surface area contributed by atoms with Gasteiger partial charge < -0.3 is 25.6 Å². The number of rotatable bonds is 9. The third kappa shape index (κ3) is 6.00. The number of methoxy groups -OCH3 is 1. The maximum Gasteiger partial charge on any atom is 0.319 e. The second kappa shape index (κ2) is 10.8. The van der Waals surface area contributed by atoms with Crippen LogP contribution in [0.15, 0.2) is 84.1 Å². The van der Waals surface area contributed by atoms with E-state index < -0.39 is 6.04 Å². The highest BCUT2D eigenvalue weighted by Gasteiger charge is 2.32. The second-order valence-corrected chi connectivity index (χ2v) is 8.45. The zero-order valence-corrected chi connectivity index (χ0v) is 19.5. The minimum absolute atomic E-state index is 0.0629. The molecule has 3 aromatic carbocycles. The van der Waals surface area contributed by atoms with Crippen LogP contribution in [0.1, 0.15) is 35.6 Å². The van der Waals surface area contributed by atoms with Gasteiger partial charge in [0.1, 0.15) is 17.2 Å². The molecule has 180 valence electrons. The number of aryl methyl sites for hydroxylation is 2. The molecule has 1 heterocycles. The van der Waals surface area contributed by atoms with Crippen molar-refractivity contribution in [1.82, 2.24) is 10.6 Å². The number of nitrogens with one attached hydrogen (secondary N) is 2. The van der Waals surface area contributed by atoms with Gasteiger partial charge in [-0.1, -0.05) is 36.4 Å². The van der Waals surface area contributed by atoms with Crippen molar-refractivity contribution in [3.05, 3.63) is 101 Å². The number of urea groups is 1. The summed E-state index contributed by atoms with van der Waals surface area (Å²) >= 11 is 0. The van der Waals surface area contributed by atoms with Gasteiger partial charge in [-0.15, -0.1) is 0 Å². The lowest BCUT2D eigenvalue weighted by Gasteiger charge is -2.30. The average Bonchev–Trinajstić information content (AvgIpc) is 2.87. The molecule has 1 atom stereocenters. The number of Topliss-reactive ketones (excluding diaryl/α,β-unsaturated/α-hetero) is 1. The first-order valence-electron chi connectivity index (χ1n) is 11.5. The Hall–Kier alpha value is -4.26. The van der Waals surface area contributed by atoms with Crippen molar-refractivity contribution in [2.45, 2.75) is 31.7 Å². The lowest BCUT2D eigenvalue weighted by Crippen LogP contribution is -2.45. The number of allylic oxidation sites excluding steroid dienone is 1. The molecule has 0 aromatic heterocycles. The highest BCUT2D eigenvalue weighted by molar-refractivity contribution is 6.00. The summed E-state index contributed by atoms with van der Waals surface area (Å²) in [5.41, 5.74) is 3.85. The second-order valence-electron chi connectivity index (χ2n) is 8.45. The summed E-state index contributed by atoms with van der Waals surface area (Å²) in [5, 5.41) is 24.8. The fourth-order valence-electron chi connectivity index (χ4n) is 4.18. The van der Waals surface area contributed by atoms with Gasteiger partial charge in [-0.05, 0) is 72.4 Å². The highest BCUT2D eigenvalue weighted by Crippen LogP contribution is 2.31. The predicted molar refractivity (Wildman–Crippen MR) is 132 cm³/mol. The molecule has 0 bridgehead atoms. The van der Waals surface area contributed by atoms with Crippen molar-refractivity contribution in [3.63, 3.8) is 0 Å². The van der Waals surface area contributed by atoms with Crippen LogP contribution in [0.5, 0.6) is 17.2 Å². The maximum absolute atomic E-state index is 13.6. The van der Waals surface area contributed by atoms with E-state index in [0.717, 1.165) is 16.7 Å². The third-order valence-corrected chi connectivity index (χ3v) is 6.08. The Labute approximate surface area is 204 Å². The molecular weight excluding hydrogens is 444 g/mol. The van der Waals surface area contributed by atoms with Crippen LogP contribution in [0.25, 0.3) is 0 Å². The number of ether oxygens (including phenoxy) is 1. The summed E-state index contributed by atoms with van der Waals surface area (Å²) in [5.74, 6) is 0.990. The molecule has 0 saturated carbocycles. The quantitative estimate of drug-likeness (QED) is 0.366. The number of aromatic hydroxyl groups is 2. The fraction of sp³-hybridized carbons (Fsp3) is 0.214. The van der Waals surface area contributed by atoms with Crippen LogP contribution >= 0.6 is 0 Å². The number of amides is 2.